The Kier molecular flexibility index (Phi) is 12.5. The summed E-state index contributed by atoms with van der Waals surface area (Å²) >= 11 is 0. The second kappa shape index (κ2) is 16.6. The Hall–Kier alpha value is -3.65. The number of aliphatic carboxylic acids is 1. The zero-order chi connectivity index (χ0) is 36.0. The smallest absolute Gasteiger partial charge is 0.307 e. The van der Waals surface area contributed by atoms with Gasteiger partial charge in [-0.3, -0.25) is 9.59 Å². The Morgan fingerprint density at radius 2 is 1.58 bits per heavy atom. The number of H-pyrrole nitrogens is 1. The average molecular weight is 693 g/mol. The highest BCUT2D eigenvalue weighted by Crippen LogP contribution is 2.61. The third kappa shape index (κ3) is 9.17. The number of hydrogen-bond acceptors (Lipinski definition) is 9. The molecule has 0 saturated heterocycles. The van der Waals surface area contributed by atoms with Crippen molar-refractivity contribution in [2.75, 3.05) is 25.5 Å². The molecule has 272 valence electrons. The zero-order valence-corrected chi connectivity index (χ0v) is 28.9. The van der Waals surface area contributed by atoms with E-state index in [0.29, 0.717) is 22.4 Å². The van der Waals surface area contributed by atoms with Gasteiger partial charge in [0, 0.05) is 23.5 Å². The van der Waals surface area contributed by atoms with Crippen LogP contribution in [0.25, 0.3) is 11.4 Å². The molecule has 4 fully saturated rings. The molecule has 0 radical (unpaired) electrons. The van der Waals surface area contributed by atoms with Crippen LogP contribution in [-0.2, 0) is 17.6 Å². The fourth-order valence-corrected chi connectivity index (χ4v) is 8.75. The van der Waals surface area contributed by atoms with E-state index in [1.54, 1.807) is 31.3 Å². The standard InChI is InChI=1S/C31H35N3O3.C7H17NO5/c1-19-5-2-3-8-25(19)29-33-26(9-10-31-16-21-11-22(17-31)13-23(12-21)18-31)28(34-29)30(37)32-24-7-4-6-20(14-24)15-27(35)36;1-8-2-4(10)6(12)7(13)5(11)3-9/h2-8,14,21-23H,9-13,15-18H2,1H3,(H,32,37)(H,33,34)(H,35,36);4-13H,2-3H2,1H3/t;4-,5+,6+,7+/m.0/s1. The van der Waals surface area contributed by atoms with Crippen LogP contribution in [0.2, 0.25) is 0 Å². The number of carboxylic acid groups (broad SMARTS) is 1. The minimum Gasteiger partial charge on any atom is -0.481 e. The third-order valence-corrected chi connectivity index (χ3v) is 10.7. The van der Waals surface area contributed by atoms with Crippen molar-refractivity contribution < 1.29 is 40.2 Å². The van der Waals surface area contributed by atoms with E-state index < -0.39 is 37.0 Å². The molecule has 0 unspecified atom stereocenters. The molecule has 1 aromatic heterocycles. The summed E-state index contributed by atoms with van der Waals surface area (Å²) in [5.74, 6) is 2.27. The van der Waals surface area contributed by atoms with Gasteiger partial charge in [0.25, 0.3) is 5.91 Å². The number of aliphatic hydroxyl groups excluding tert-OH is 5. The normalized spacial score (nSPS) is 24.5. The van der Waals surface area contributed by atoms with E-state index >= 15 is 0 Å². The molecule has 50 heavy (non-hydrogen) atoms. The SMILES string of the molecule is CNC[C@H](O)[C@@H](O)[C@H](O)[C@H](O)CO.Cc1ccccc1-c1nc(C(=O)Nc2cccc(CC(=O)O)c2)c(CCC23CC4CC(CC(C4)C2)C3)[nH]1. The van der Waals surface area contributed by atoms with Crippen molar-refractivity contribution >= 4 is 17.6 Å². The topological polar surface area (TPSA) is 208 Å². The van der Waals surface area contributed by atoms with Gasteiger partial charge < -0.3 is 46.3 Å². The lowest BCUT2D eigenvalue weighted by molar-refractivity contribution is -0.136. The monoisotopic (exact) mass is 692 g/mol. The second-order valence-corrected chi connectivity index (χ2v) is 14.7. The maximum Gasteiger partial charge on any atom is 0.307 e. The zero-order valence-electron chi connectivity index (χ0n) is 28.9. The highest BCUT2D eigenvalue weighted by molar-refractivity contribution is 6.04. The number of aliphatic hydroxyl groups is 5. The number of benzene rings is 2. The number of amides is 1. The Balaban J connectivity index is 0.000000320. The number of anilines is 1. The summed E-state index contributed by atoms with van der Waals surface area (Å²) in [4.78, 5) is 33.0. The Bertz CT molecular complexity index is 1570. The summed E-state index contributed by atoms with van der Waals surface area (Å²) in [5.41, 5.74) is 5.09. The summed E-state index contributed by atoms with van der Waals surface area (Å²) < 4.78 is 0. The van der Waals surface area contributed by atoms with E-state index in [9.17, 15) is 14.7 Å². The number of nitrogens with zero attached hydrogens (tertiary/aromatic N) is 1. The minimum absolute atomic E-state index is 0.0835. The molecule has 1 heterocycles. The molecule has 4 aliphatic rings. The average Bonchev–Trinajstić information content (AvgIpc) is 3.50. The number of carbonyl (C=O) groups is 2. The maximum atomic E-state index is 13.5. The van der Waals surface area contributed by atoms with E-state index in [2.05, 4.69) is 28.6 Å². The molecular weight excluding hydrogens is 640 g/mol. The molecule has 12 heteroatoms. The first-order valence-corrected chi connectivity index (χ1v) is 17.6. The van der Waals surface area contributed by atoms with Crippen LogP contribution in [0.3, 0.4) is 0 Å². The highest BCUT2D eigenvalue weighted by Gasteiger charge is 2.50. The molecule has 3 aromatic rings. The molecule has 4 bridgehead atoms. The van der Waals surface area contributed by atoms with E-state index in [1.807, 2.05) is 18.2 Å². The van der Waals surface area contributed by atoms with Crippen molar-refractivity contribution in [3.05, 3.63) is 71.0 Å². The number of aromatic nitrogens is 2. The molecule has 9 N–H and O–H groups in total. The van der Waals surface area contributed by atoms with Crippen molar-refractivity contribution in [3.63, 3.8) is 0 Å². The highest BCUT2D eigenvalue weighted by atomic mass is 16.4. The van der Waals surface area contributed by atoms with Gasteiger partial charge in [0.1, 0.15) is 29.8 Å². The first-order chi connectivity index (χ1) is 23.9. The number of nitrogens with one attached hydrogen (secondary N) is 3. The lowest BCUT2D eigenvalue weighted by Crippen LogP contribution is -2.48. The first kappa shape index (κ1) is 37.6. The van der Waals surface area contributed by atoms with Gasteiger partial charge in [-0.25, -0.2) is 4.98 Å². The second-order valence-electron chi connectivity index (χ2n) is 14.7. The maximum absolute atomic E-state index is 13.5. The van der Waals surface area contributed by atoms with Crippen molar-refractivity contribution in [2.24, 2.45) is 23.2 Å². The molecule has 0 spiro atoms. The summed E-state index contributed by atoms with van der Waals surface area (Å²) in [6.45, 7) is 1.49. The van der Waals surface area contributed by atoms with Crippen molar-refractivity contribution in [1.29, 1.82) is 0 Å². The molecule has 4 aliphatic carbocycles. The predicted octanol–water partition coefficient (Wildman–Crippen LogP) is 3.06. The summed E-state index contributed by atoms with van der Waals surface area (Å²) in [7, 11) is 1.57. The molecule has 4 atom stereocenters. The van der Waals surface area contributed by atoms with Crippen molar-refractivity contribution in [1.82, 2.24) is 15.3 Å². The van der Waals surface area contributed by atoms with Crippen molar-refractivity contribution in [3.8, 4) is 11.4 Å². The summed E-state index contributed by atoms with van der Waals surface area (Å²) in [6.07, 6.45) is 4.49. The van der Waals surface area contributed by atoms with E-state index in [4.69, 9.17) is 30.5 Å². The van der Waals surface area contributed by atoms with Gasteiger partial charge >= 0.3 is 5.97 Å². The van der Waals surface area contributed by atoms with Crippen LogP contribution in [0.4, 0.5) is 5.69 Å². The number of rotatable bonds is 14. The first-order valence-electron chi connectivity index (χ1n) is 17.6. The van der Waals surface area contributed by atoms with Gasteiger partial charge in [0.05, 0.1) is 19.1 Å². The fourth-order valence-electron chi connectivity index (χ4n) is 8.75. The van der Waals surface area contributed by atoms with Crippen LogP contribution in [0.15, 0.2) is 48.5 Å². The van der Waals surface area contributed by atoms with Crippen LogP contribution >= 0.6 is 0 Å². The summed E-state index contributed by atoms with van der Waals surface area (Å²) in [5, 5.41) is 59.6. The summed E-state index contributed by atoms with van der Waals surface area (Å²) in [6, 6.07) is 15.1. The van der Waals surface area contributed by atoms with Crippen LogP contribution in [0.1, 0.15) is 72.3 Å². The number of likely N-dealkylation sites (N-methyl/N-ethyl adjacent to an activating group) is 1. The van der Waals surface area contributed by atoms with Gasteiger partial charge in [-0.1, -0.05) is 36.4 Å². The molecule has 7 rings (SSSR count). The largest absolute Gasteiger partial charge is 0.481 e. The number of imidazole rings is 1. The van der Waals surface area contributed by atoms with E-state index in [-0.39, 0.29) is 18.9 Å². The van der Waals surface area contributed by atoms with Gasteiger partial charge in [-0.05, 0) is 112 Å². The minimum atomic E-state index is -1.55. The Morgan fingerprint density at radius 1 is 0.940 bits per heavy atom. The number of carboxylic acids is 1. The quantitative estimate of drug-likeness (QED) is 0.121. The van der Waals surface area contributed by atoms with Crippen LogP contribution in [-0.4, -0.2) is 97.1 Å². The van der Waals surface area contributed by atoms with Crippen molar-refractivity contribution in [2.45, 2.75) is 89.1 Å². The number of aromatic amines is 1. The molecule has 12 nitrogen and oxygen atoms in total. The Morgan fingerprint density at radius 3 is 2.18 bits per heavy atom. The number of hydrogen-bond donors (Lipinski definition) is 9. The Labute approximate surface area is 293 Å². The molecule has 2 aromatic carbocycles. The predicted molar refractivity (Wildman–Crippen MR) is 188 cm³/mol. The van der Waals surface area contributed by atoms with Gasteiger partial charge in [0.2, 0.25) is 0 Å². The van der Waals surface area contributed by atoms with Crippen LogP contribution in [0.5, 0.6) is 0 Å². The van der Waals surface area contributed by atoms with E-state index in [1.165, 1.54) is 38.5 Å². The lowest BCUT2D eigenvalue weighted by atomic mass is 9.48. The van der Waals surface area contributed by atoms with E-state index in [0.717, 1.165) is 53.2 Å². The number of aryl methyl sites for hydroxylation is 2. The van der Waals surface area contributed by atoms with Crippen LogP contribution < -0.4 is 10.6 Å². The third-order valence-electron chi connectivity index (χ3n) is 10.7. The van der Waals surface area contributed by atoms with Crippen LogP contribution in [0, 0.1) is 30.1 Å². The molecular formula is C38H52N4O8. The molecule has 4 saturated carbocycles. The lowest BCUT2D eigenvalue weighted by Gasteiger charge is -2.57. The van der Waals surface area contributed by atoms with Gasteiger partial charge in [0.15, 0.2) is 0 Å². The molecule has 0 aliphatic heterocycles. The number of carbonyl (C=O) groups excluding carboxylic acids is 1. The van der Waals surface area contributed by atoms with Gasteiger partial charge in [-0.15, -0.1) is 0 Å². The molecule has 1 amide bonds. The fraction of sp³-hybridized carbons (Fsp3) is 0.553. The van der Waals surface area contributed by atoms with Gasteiger partial charge in [-0.2, -0.15) is 0 Å².